The van der Waals surface area contributed by atoms with Gasteiger partial charge >= 0.3 is 0 Å². The van der Waals surface area contributed by atoms with E-state index in [1.807, 2.05) is 0 Å². The van der Waals surface area contributed by atoms with Gasteiger partial charge in [0.15, 0.2) is 0 Å². The third-order valence-corrected chi connectivity index (χ3v) is 5.25. The first-order chi connectivity index (χ1) is 12.5. The number of hydrogen-bond acceptors (Lipinski definition) is 4. The van der Waals surface area contributed by atoms with Crippen LogP contribution in [0.25, 0.3) is 20.3 Å². The SMILES string of the molecule is O=C(Cn1cnc2c(sc3cccc(F)c32)c1=O)Nc1ccc(Cl)cc1. The molecule has 8 heteroatoms. The summed E-state index contributed by atoms with van der Waals surface area (Å²) in [6.45, 7) is -0.193. The van der Waals surface area contributed by atoms with E-state index < -0.39 is 5.82 Å². The Bertz CT molecular complexity index is 1200. The maximum Gasteiger partial charge on any atom is 0.271 e. The molecule has 0 aliphatic rings. The zero-order valence-electron chi connectivity index (χ0n) is 13.2. The molecule has 2 heterocycles. The van der Waals surface area contributed by atoms with E-state index in [4.69, 9.17) is 11.6 Å². The number of benzene rings is 2. The zero-order chi connectivity index (χ0) is 18.3. The second-order valence-corrected chi connectivity index (χ2v) is 7.11. The molecule has 5 nitrogen and oxygen atoms in total. The third-order valence-electron chi connectivity index (χ3n) is 3.86. The first-order valence-electron chi connectivity index (χ1n) is 7.64. The lowest BCUT2D eigenvalue weighted by atomic mass is 10.2. The van der Waals surface area contributed by atoms with E-state index in [2.05, 4.69) is 10.3 Å². The van der Waals surface area contributed by atoms with Gasteiger partial charge in [0.25, 0.3) is 5.56 Å². The number of amides is 1. The molecule has 0 saturated heterocycles. The van der Waals surface area contributed by atoms with Gasteiger partial charge in [0, 0.05) is 15.4 Å². The first-order valence-corrected chi connectivity index (χ1v) is 8.84. The van der Waals surface area contributed by atoms with Gasteiger partial charge in [-0.1, -0.05) is 17.7 Å². The summed E-state index contributed by atoms with van der Waals surface area (Å²) in [4.78, 5) is 29.0. The second kappa shape index (κ2) is 6.51. The van der Waals surface area contributed by atoms with Crippen molar-refractivity contribution in [2.24, 2.45) is 0 Å². The highest BCUT2D eigenvalue weighted by Crippen LogP contribution is 2.31. The van der Waals surface area contributed by atoms with Crippen LogP contribution in [0, 0.1) is 5.82 Å². The van der Waals surface area contributed by atoms with Crippen LogP contribution >= 0.6 is 22.9 Å². The number of rotatable bonds is 3. The Hall–Kier alpha value is -2.77. The van der Waals surface area contributed by atoms with Gasteiger partial charge in [-0.2, -0.15) is 0 Å². The highest BCUT2D eigenvalue weighted by Gasteiger charge is 2.15. The summed E-state index contributed by atoms with van der Waals surface area (Å²) in [7, 11) is 0. The van der Waals surface area contributed by atoms with Crippen LogP contribution in [0.1, 0.15) is 0 Å². The number of halogens is 2. The summed E-state index contributed by atoms with van der Waals surface area (Å²) in [5.74, 6) is -0.790. The van der Waals surface area contributed by atoms with Gasteiger partial charge in [-0.15, -0.1) is 11.3 Å². The third kappa shape index (κ3) is 2.95. The zero-order valence-corrected chi connectivity index (χ0v) is 14.8. The van der Waals surface area contributed by atoms with Crippen molar-refractivity contribution in [3.05, 3.63) is 70.0 Å². The van der Waals surface area contributed by atoms with Crippen molar-refractivity contribution in [1.29, 1.82) is 0 Å². The molecule has 0 saturated carbocycles. The van der Waals surface area contributed by atoms with Gasteiger partial charge < -0.3 is 5.32 Å². The molecule has 26 heavy (non-hydrogen) atoms. The average Bonchev–Trinajstić information content (AvgIpc) is 3.00. The summed E-state index contributed by atoms with van der Waals surface area (Å²) in [5, 5.41) is 3.58. The summed E-state index contributed by atoms with van der Waals surface area (Å²) in [6.07, 6.45) is 1.27. The smallest absolute Gasteiger partial charge is 0.271 e. The topological polar surface area (TPSA) is 64.0 Å². The van der Waals surface area contributed by atoms with E-state index in [-0.39, 0.29) is 18.0 Å². The standard InChI is InChI=1S/C18H11ClFN3O2S/c19-10-4-6-11(7-5-10)22-14(24)8-23-9-21-16-15-12(20)2-1-3-13(15)26-17(16)18(23)25/h1-7,9H,8H2,(H,22,24). The Morgan fingerprint density at radius 3 is 2.77 bits per heavy atom. The van der Waals surface area contributed by atoms with Gasteiger partial charge in [0.2, 0.25) is 5.91 Å². The minimum Gasteiger partial charge on any atom is -0.325 e. The predicted molar refractivity (Wildman–Crippen MR) is 101 cm³/mol. The Morgan fingerprint density at radius 2 is 2.00 bits per heavy atom. The van der Waals surface area contributed by atoms with E-state index in [9.17, 15) is 14.0 Å². The maximum atomic E-state index is 14.0. The quantitative estimate of drug-likeness (QED) is 0.577. The Labute approximate surface area is 155 Å². The van der Waals surface area contributed by atoms with Crippen LogP contribution in [0.15, 0.2) is 53.6 Å². The van der Waals surface area contributed by atoms with Gasteiger partial charge in [0.05, 0.1) is 17.2 Å². The van der Waals surface area contributed by atoms with E-state index >= 15 is 0 Å². The Morgan fingerprint density at radius 1 is 1.23 bits per heavy atom. The number of nitrogens with one attached hydrogen (secondary N) is 1. The number of hydrogen-bond donors (Lipinski definition) is 1. The molecular formula is C18H11ClFN3O2S. The number of thiophene rings is 1. The molecule has 0 unspecified atom stereocenters. The van der Waals surface area contributed by atoms with Crippen molar-refractivity contribution < 1.29 is 9.18 Å². The molecule has 2 aromatic carbocycles. The lowest BCUT2D eigenvalue weighted by Crippen LogP contribution is -2.27. The van der Waals surface area contributed by atoms with Crippen LogP contribution in [0.5, 0.6) is 0 Å². The number of aromatic nitrogens is 2. The lowest BCUT2D eigenvalue weighted by molar-refractivity contribution is -0.116. The molecule has 1 amide bonds. The highest BCUT2D eigenvalue weighted by atomic mass is 35.5. The molecule has 4 aromatic rings. The van der Waals surface area contributed by atoms with Gasteiger partial charge in [-0.25, -0.2) is 9.37 Å². The molecule has 0 fully saturated rings. The monoisotopic (exact) mass is 387 g/mol. The molecule has 0 bridgehead atoms. The number of carbonyl (C=O) groups excluding carboxylic acids is 1. The van der Waals surface area contributed by atoms with E-state index in [1.54, 1.807) is 36.4 Å². The van der Waals surface area contributed by atoms with Crippen molar-refractivity contribution >= 4 is 54.8 Å². The minimum absolute atomic E-state index is 0.193. The number of fused-ring (bicyclic) bond motifs is 3. The van der Waals surface area contributed by atoms with Crippen LogP contribution < -0.4 is 10.9 Å². The molecule has 0 aliphatic heterocycles. The molecule has 0 atom stereocenters. The second-order valence-electron chi connectivity index (χ2n) is 5.63. The van der Waals surface area contributed by atoms with Crippen LogP contribution in [-0.2, 0) is 11.3 Å². The number of carbonyl (C=O) groups is 1. The van der Waals surface area contributed by atoms with Gasteiger partial charge in [-0.05, 0) is 36.4 Å². The predicted octanol–water partition coefficient (Wildman–Crippen LogP) is 4.04. The van der Waals surface area contributed by atoms with E-state index in [0.717, 1.165) is 0 Å². The molecule has 0 radical (unpaired) electrons. The van der Waals surface area contributed by atoms with Crippen molar-refractivity contribution in [1.82, 2.24) is 9.55 Å². The Balaban J connectivity index is 1.66. The lowest BCUT2D eigenvalue weighted by Gasteiger charge is -2.07. The Kier molecular flexibility index (Phi) is 4.18. The van der Waals surface area contributed by atoms with E-state index in [0.29, 0.717) is 31.0 Å². The van der Waals surface area contributed by atoms with Gasteiger partial charge in [0.1, 0.15) is 17.1 Å². The normalized spacial score (nSPS) is 11.2. The van der Waals surface area contributed by atoms with Crippen LogP contribution in [-0.4, -0.2) is 15.5 Å². The average molecular weight is 388 g/mol. The largest absolute Gasteiger partial charge is 0.325 e. The van der Waals surface area contributed by atoms with Gasteiger partial charge in [-0.3, -0.25) is 14.2 Å². The highest BCUT2D eigenvalue weighted by molar-refractivity contribution is 7.25. The molecule has 130 valence electrons. The van der Waals surface area contributed by atoms with Crippen LogP contribution in [0.2, 0.25) is 5.02 Å². The fourth-order valence-corrected chi connectivity index (χ4v) is 3.92. The van der Waals surface area contributed by atoms with Crippen molar-refractivity contribution in [3.63, 3.8) is 0 Å². The molecule has 0 spiro atoms. The molecule has 0 aliphatic carbocycles. The first kappa shape index (κ1) is 16.7. The summed E-state index contributed by atoms with van der Waals surface area (Å²) >= 11 is 6.97. The molecule has 4 rings (SSSR count). The van der Waals surface area contributed by atoms with E-state index in [1.165, 1.54) is 28.3 Å². The fraction of sp³-hybridized carbons (Fsp3) is 0.0556. The fourth-order valence-electron chi connectivity index (χ4n) is 2.67. The molecule has 2 aromatic heterocycles. The molecule has 1 N–H and O–H groups in total. The van der Waals surface area contributed by atoms with Crippen molar-refractivity contribution in [2.45, 2.75) is 6.54 Å². The minimum atomic E-state index is -0.418. The van der Waals surface area contributed by atoms with Crippen LogP contribution in [0.4, 0.5) is 10.1 Å². The van der Waals surface area contributed by atoms with Crippen molar-refractivity contribution in [2.75, 3.05) is 5.32 Å². The number of nitrogens with zero attached hydrogens (tertiary/aromatic N) is 2. The summed E-state index contributed by atoms with van der Waals surface area (Å²) < 4.78 is 16.2. The van der Waals surface area contributed by atoms with Crippen molar-refractivity contribution in [3.8, 4) is 0 Å². The van der Waals surface area contributed by atoms with Crippen LogP contribution in [0.3, 0.4) is 0 Å². The summed E-state index contributed by atoms with van der Waals surface area (Å²) in [6, 6.07) is 11.3. The number of anilines is 1. The molecular weight excluding hydrogens is 377 g/mol. The maximum absolute atomic E-state index is 14.0. The summed E-state index contributed by atoms with van der Waals surface area (Å²) in [5.41, 5.74) is 0.523.